The van der Waals surface area contributed by atoms with Gasteiger partial charge in [0.15, 0.2) is 0 Å². The lowest BCUT2D eigenvalue weighted by molar-refractivity contribution is -0.120. The molecule has 182 valence electrons. The molecule has 2 atom stereocenters. The summed E-state index contributed by atoms with van der Waals surface area (Å²) in [6.07, 6.45) is 6.00. The molecule has 2 aliphatic rings. The van der Waals surface area contributed by atoms with Crippen LogP contribution in [0.3, 0.4) is 0 Å². The molecule has 1 amide bonds. The Morgan fingerprint density at radius 3 is 2.57 bits per heavy atom. The van der Waals surface area contributed by atoms with Crippen molar-refractivity contribution < 1.29 is 14.3 Å². The molecular weight excluding hydrogens is 438 g/mol. The summed E-state index contributed by atoms with van der Waals surface area (Å²) in [5.41, 5.74) is 3.94. The zero-order valence-electron chi connectivity index (χ0n) is 20.1. The number of morpholine rings is 1. The van der Waals surface area contributed by atoms with Gasteiger partial charge in [0.2, 0.25) is 5.91 Å². The average Bonchev–Trinajstić information content (AvgIpc) is 3.53. The van der Waals surface area contributed by atoms with Gasteiger partial charge < -0.3 is 14.8 Å². The predicted molar refractivity (Wildman–Crippen MR) is 136 cm³/mol. The number of hydrogen-bond acceptors (Lipinski definition) is 5. The number of nitrogens with one attached hydrogen (secondary N) is 1. The van der Waals surface area contributed by atoms with Crippen molar-refractivity contribution >= 4 is 5.91 Å². The van der Waals surface area contributed by atoms with E-state index in [9.17, 15) is 4.79 Å². The molecule has 0 unspecified atom stereocenters. The molecule has 2 aliphatic heterocycles. The van der Waals surface area contributed by atoms with Gasteiger partial charge in [-0.2, -0.15) is 0 Å². The molecule has 2 fully saturated rings. The lowest BCUT2D eigenvalue weighted by atomic mass is 10.1. The Labute approximate surface area is 207 Å². The second-order valence-corrected chi connectivity index (χ2v) is 9.40. The number of ether oxygens (including phenoxy) is 2. The summed E-state index contributed by atoms with van der Waals surface area (Å²) >= 11 is 0. The molecule has 35 heavy (non-hydrogen) atoms. The number of rotatable bonds is 11. The first-order chi connectivity index (χ1) is 17.2. The maximum absolute atomic E-state index is 12.2. The Morgan fingerprint density at radius 1 is 1.03 bits per heavy atom. The van der Waals surface area contributed by atoms with Gasteiger partial charge in [-0.15, -0.1) is 0 Å². The van der Waals surface area contributed by atoms with Gasteiger partial charge in [-0.25, -0.2) is 0 Å². The first-order valence-electron chi connectivity index (χ1n) is 12.6. The van der Waals surface area contributed by atoms with E-state index in [0.29, 0.717) is 18.7 Å². The fraction of sp³-hybridized carbons (Fsp3) is 0.379. The number of hydrogen-bond donors (Lipinski definition) is 1. The molecule has 5 rings (SSSR count). The van der Waals surface area contributed by atoms with E-state index in [4.69, 9.17) is 9.47 Å². The van der Waals surface area contributed by atoms with Gasteiger partial charge >= 0.3 is 0 Å². The first kappa shape index (κ1) is 23.5. The van der Waals surface area contributed by atoms with Gasteiger partial charge in [0.1, 0.15) is 5.75 Å². The largest absolute Gasteiger partial charge is 0.494 e. The Bertz CT molecular complexity index is 1090. The Morgan fingerprint density at radius 2 is 1.86 bits per heavy atom. The molecule has 1 N–H and O–H groups in total. The third-order valence-corrected chi connectivity index (χ3v) is 6.81. The summed E-state index contributed by atoms with van der Waals surface area (Å²) in [7, 11) is 0. The summed E-state index contributed by atoms with van der Waals surface area (Å²) in [5.74, 6) is 0.860. The molecule has 6 heteroatoms. The van der Waals surface area contributed by atoms with Gasteiger partial charge in [0, 0.05) is 36.6 Å². The van der Waals surface area contributed by atoms with Crippen molar-refractivity contribution in [3.05, 3.63) is 84.2 Å². The van der Waals surface area contributed by atoms with Crippen LogP contribution < -0.4 is 10.1 Å². The Balaban J connectivity index is 1.02. The van der Waals surface area contributed by atoms with E-state index in [2.05, 4.69) is 27.3 Å². The molecule has 2 saturated heterocycles. The summed E-state index contributed by atoms with van der Waals surface area (Å²) in [4.78, 5) is 19.3. The fourth-order valence-electron chi connectivity index (χ4n) is 4.83. The van der Waals surface area contributed by atoms with Crippen molar-refractivity contribution in [1.82, 2.24) is 15.2 Å². The highest BCUT2D eigenvalue weighted by atomic mass is 16.5. The quantitative estimate of drug-likeness (QED) is 0.424. The Kier molecular flexibility index (Phi) is 7.71. The number of carbonyl (C=O) groups is 1. The molecule has 1 aromatic heterocycles. The highest BCUT2D eigenvalue weighted by Gasteiger charge is 2.38. The lowest BCUT2D eigenvalue weighted by Gasteiger charge is -2.26. The minimum atomic E-state index is -0.0303. The third-order valence-electron chi connectivity index (χ3n) is 6.81. The van der Waals surface area contributed by atoms with Crippen molar-refractivity contribution in [2.75, 3.05) is 26.3 Å². The normalized spacial score (nSPS) is 19.1. The lowest BCUT2D eigenvalue weighted by Crippen LogP contribution is -2.37. The maximum atomic E-state index is 12.2. The molecule has 0 radical (unpaired) electrons. The predicted octanol–water partition coefficient (Wildman–Crippen LogP) is 4.24. The second-order valence-electron chi connectivity index (χ2n) is 9.40. The van der Waals surface area contributed by atoms with Gasteiger partial charge in [-0.1, -0.05) is 48.5 Å². The van der Waals surface area contributed by atoms with Crippen LogP contribution in [0.2, 0.25) is 0 Å². The van der Waals surface area contributed by atoms with Crippen molar-refractivity contribution in [3.8, 4) is 16.9 Å². The van der Waals surface area contributed by atoms with E-state index >= 15 is 0 Å². The summed E-state index contributed by atoms with van der Waals surface area (Å²) in [5, 5.41) is 2.94. The number of fused-ring (bicyclic) bond motifs is 2. The first-order valence-corrected chi connectivity index (χ1v) is 12.6. The number of benzene rings is 2. The third kappa shape index (κ3) is 6.47. The molecule has 3 aromatic rings. The topological polar surface area (TPSA) is 63.7 Å². The van der Waals surface area contributed by atoms with E-state index in [1.165, 1.54) is 6.42 Å². The van der Waals surface area contributed by atoms with E-state index < -0.39 is 0 Å². The van der Waals surface area contributed by atoms with Crippen LogP contribution in [0.4, 0.5) is 0 Å². The van der Waals surface area contributed by atoms with Crippen molar-refractivity contribution in [2.24, 2.45) is 0 Å². The standard InChI is InChI=1S/C29H33N3O3/c33-29(31-18-22-6-2-1-3-7-22)16-25-11-8-24(19-30-25)23-9-12-27(13-10-23)34-15-5-4-14-32-20-28-17-26(32)21-35-28/h1-3,6-13,19,26,28H,4-5,14-18,20-21H2,(H,31,33)/t26-,28-/m0/s1. The van der Waals surface area contributed by atoms with Crippen molar-refractivity contribution in [2.45, 2.75) is 44.4 Å². The van der Waals surface area contributed by atoms with Gasteiger partial charge in [0.05, 0.1) is 25.7 Å². The molecule has 2 bridgehead atoms. The van der Waals surface area contributed by atoms with Gasteiger partial charge in [0.25, 0.3) is 0 Å². The number of carbonyl (C=O) groups excluding carboxylic acids is 1. The minimum absolute atomic E-state index is 0.0303. The van der Waals surface area contributed by atoms with Crippen LogP contribution in [0.15, 0.2) is 72.9 Å². The average molecular weight is 472 g/mol. The number of aromatic nitrogens is 1. The number of pyridine rings is 1. The van der Waals surface area contributed by atoms with Gasteiger partial charge in [-0.3, -0.25) is 14.7 Å². The summed E-state index contributed by atoms with van der Waals surface area (Å²) in [6, 6.07) is 22.6. The van der Waals surface area contributed by atoms with Crippen LogP contribution in [0.1, 0.15) is 30.5 Å². The summed E-state index contributed by atoms with van der Waals surface area (Å²) in [6.45, 7) is 4.42. The molecule has 2 aromatic carbocycles. The fourth-order valence-corrected chi connectivity index (χ4v) is 4.83. The number of unbranched alkanes of at least 4 members (excludes halogenated alkanes) is 1. The van der Waals surface area contributed by atoms with Crippen molar-refractivity contribution in [1.29, 1.82) is 0 Å². The second kappa shape index (κ2) is 11.5. The molecule has 0 saturated carbocycles. The van der Waals surface area contributed by atoms with Crippen LogP contribution in [0, 0.1) is 0 Å². The number of nitrogens with zero attached hydrogens (tertiary/aromatic N) is 2. The zero-order valence-corrected chi connectivity index (χ0v) is 20.1. The molecule has 0 spiro atoms. The van der Waals surface area contributed by atoms with Crippen LogP contribution in [-0.4, -0.2) is 54.2 Å². The van der Waals surface area contributed by atoms with Crippen LogP contribution in [-0.2, 0) is 22.5 Å². The monoisotopic (exact) mass is 471 g/mol. The minimum Gasteiger partial charge on any atom is -0.494 e. The van der Waals surface area contributed by atoms with Crippen molar-refractivity contribution in [3.63, 3.8) is 0 Å². The van der Waals surface area contributed by atoms with Crippen LogP contribution in [0.5, 0.6) is 5.75 Å². The molecule has 6 nitrogen and oxygen atoms in total. The van der Waals surface area contributed by atoms with E-state index in [1.54, 1.807) is 0 Å². The molecule has 0 aliphatic carbocycles. The van der Waals surface area contributed by atoms with Crippen LogP contribution in [0.25, 0.3) is 11.1 Å². The van der Waals surface area contributed by atoms with Crippen LogP contribution >= 0.6 is 0 Å². The van der Waals surface area contributed by atoms with E-state index in [0.717, 1.165) is 67.3 Å². The Hall–Kier alpha value is -3.22. The highest BCUT2D eigenvalue weighted by molar-refractivity contribution is 5.78. The smallest absolute Gasteiger partial charge is 0.226 e. The number of amides is 1. The number of likely N-dealkylation sites (tertiary alicyclic amines) is 1. The summed E-state index contributed by atoms with van der Waals surface area (Å²) < 4.78 is 11.6. The maximum Gasteiger partial charge on any atom is 0.226 e. The van der Waals surface area contributed by atoms with Gasteiger partial charge in [-0.05, 0) is 55.1 Å². The molecular formula is C29H33N3O3. The highest BCUT2D eigenvalue weighted by Crippen LogP contribution is 2.28. The zero-order chi connectivity index (χ0) is 23.9. The van der Waals surface area contributed by atoms with E-state index in [-0.39, 0.29) is 12.3 Å². The molecule has 3 heterocycles. The van der Waals surface area contributed by atoms with E-state index in [1.807, 2.05) is 60.8 Å². The SMILES string of the molecule is O=C(Cc1ccc(-c2ccc(OCCCCN3C[C@@H]4C[C@H]3CO4)cc2)cn1)NCc1ccccc1.